The molecule has 0 bridgehead atoms. The molecule has 0 amide bonds. The number of nitrogens with zero attached hydrogens (tertiary/aromatic N) is 4. The minimum absolute atomic E-state index is 0.0902. The van der Waals surface area contributed by atoms with Crippen molar-refractivity contribution in [3.63, 3.8) is 0 Å². The molecule has 0 saturated heterocycles. The first-order valence-corrected chi connectivity index (χ1v) is 6.84. The summed E-state index contributed by atoms with van der Waals surface area (Å²) < 4.78 is 21.3. The molecule has 6 nitrogen and oxygen atoms in total. The number of hydrogen-bond acceptors (Lipinski definition) is 4. The van der Waals surface area contributed by atoms with Crippen molar-refractivity contribution < 1.29 is 8.76 Å². The lowest BCUT2D eigenvalue weighted by Crippen LogP contribution is -2.05. The van der Waals surface area contributed by atoms with Gasteiger partial charge >= 0.3 is 0 Å². The third-order valence-electron chi connectivity index (χ3n) is 2.64. The summed E-state index contributed by atoms with van der Waals surface area (Å²) in [7, 11) is 0. The largest absolute Gasteiger partial charge is 0.306 e. The molecular weight excluding hydrogens is 264 g/mol. The summed E-state index contributed by atoms with van der Waals surface area (Å²) in [6.45, 7) is 0. The van der Waals surface area contributed by atoms with Crippen LogP contribution in [0.4, 0.5) is 0 Å². The van der Waals surface area contributed by atoms with E-state index in [-0.39, 0.29) is 5.75 Å². The van der Waals surface area contributed by atoms with E-state index in [1.54, 1.807) is 23.1 Å². The summed E-state index contributed by atoms with van der Waals surface area (Å²) in [4.78, 5) is 8.21. The average molecular weight is 274 g/mol. The standard InChI is InChI=1S/C12H10N4O2S/c17-19(18)8-11-13-6-5-12(15-11)16-10-4-2-1-3-9(10)7-14-16/h1-7H,8H2,(H,17,18). The SMILES string of the molecule is O=S(O)Cc1nccc(-n2ncc3ccccc32)n1. The van der Waals surface area contributed by atoms with Gasteiger partial charge in [-0.2, -0.15) is 5.10 Å². The van der Waals surface area contributed by atoms with Crippen molar-refractivity contribution in [3.05, 3.63) is 48.5 Å². The molecule has 19 heavy (non-hydrogen) atoms. The zero-order chi connectivity index (χ0) is 13.2. The molecule has 0 aliphatic carbocycles. The van der Waals surface area contributed by atoms with Gasteiger partial charge in [0, 0.05) is 17.6 Å². The minimum Gasteiger partial charge on any atom is -0.306 e. The van der Waals surface area contributed by atoms with E-state index in [9.17, 15) is 4.21 Å². The Morgan fingerprint density at radius 1 is 1.26 bits per heavy atom. The van der Waals surface area contributed by atoms with Crippen LogP contribution in [-0.4, -0.2) is 28.5 Å². The molecule has 7 heteroatoms. The molecule has 0 spiro atoms. The molecule has 2 aromatic heterocycles. The molecule has 1 aromatic carbocycles. The van der Waals surface area contributed by atoms with E-state index in [0.29, 0.717) is 11.6 Å². The zero-order valence-corrected chi connectivity index (χ0v) is 10.6. The molecule has 0 fully saturated rings. The van der Waals surface area contributed by atoms with Gasteiger partial charge in [0.15, 0.2) is 16.9 Å². The minimum atomic E-state index is -1.95. The molecule has 0 saturated carbocycles. The monoisotopic (exact) mass is 274 g/mol. The Morgan fingerprint density at radius 2 is 2.11 bits per heavy atom. The molecule has 0 radical (unpaired) electrons. The van der Waals surface area contributed by atoms with Crippen LogP contribution in [0, 0.1) is 0 Å². The van der Waals surface area contributed by atoms with Crippen LogP contribution >= 0.6 is 0 Å². The highest BCUT2D eigenvalue weighted by molar-refractivity contribution is 7.78. The van der Waals surface area contributed by atoms with Crippen molar-refractivity contribution in [1.29, 1.82) is 0 Å². The molecule has 0 aliphatic rings. The van der Waals surface area contributed by atoms with Gasteiger partial charge in [0.25, 0.3) is 0 Å². The fraction of sp³-hybridized carbons (Fsp3) is 0.0833. The van der Waals surface area contributed by atoms with Gasteiger partial charge in [-0.05, 0) is 6.07 Å². The van der Waals surface area contributed by atoms with Gasteiger partial charge in [-0.3, -0.25) is 0 Å². The number of para-hydroxylation sites is 1. The van der Waals surface area contributed by atoms with Crippen LogP contribution in [-0.2, 0) is 16.8 Å². The fourth-order valence-corrected chi connectivity index (χ4v) is 2.20. The van der Waals surface area contributed by atoms with E-state index in [2.05, 4.69) is 15.1 Å². The van der Waals surface area contributed by atoms with Gasteiger partial charge in [-0.15, -0.1) is 0 Å². The predicted octanol–water partition coefficient (Wildman–Crippen LogP) is 1.54. The molecule has 96 valence electrons. The van der Waals surface area contributed by atoms with Crippen LogP contribution in [0.5, 0.6) is 0 Å². The summed E-state index contributed by atoms with van der Waals surface area (Å²) >= 11 is -1.95. The van der Waals surface area contributed by atoms with Gasteiger partial charge in [0.1, 0.15) is 11.6 Å². The molecule has 3 rings (SSSR count). The van der Waals surface area contributed by atoms with E-state index in [1.165, 1.54) is 0 Å². The van der Waals surface area contributed by atoms with Gasteiger partial charge in [0.05, 0.1) is 11.7 Å². The summed E-state index contributed by atoms with van der Waals surface area (Å²) in [6.07, 6.45) is 3.31. The molecule has 3 aromatic rings. The lowest BCUT2D eigenvalue weighted by Gasteiger charge is -2.03. The second kappa shape index (κ2) is 4.87. The Kier molecular flexibility index (Phi) is 3.06. The van der Waals surface area contributed by atoms with Crippen LogP contribution in [0.3, 0.4) is 0 Å². The Balaban J connectivity index is 2.09. The first kappa shape index (κ1) is 11.9. The smallest absolute Gasteiger partial charge is 0.160 e. The fourth-order valence-electron chi connectivity index (χ4n) is 1.84. The lowest BCUT2D eigenvalue weighted by atomic mass is 10.2. The normalized spacial score (nSPS) is 12.7. The molecule has 1 unspecified atom stereocenters. The number of hydrogen-bond donors (Lipinski definition) is 1. The van der Waals surface area contributed by atoms with E-state index >= 15 is 0 Å². The third-order valence-corrected chi connectivity index (χ3v) is 3.14. The van der Waals surface area contributed by atoms with Gasteiger partial charge in [0.2, 0.25) is 0 Å². The van der Waals surface area contributed by atoms with Crippen LogP contribution in [0.2, 0.25) is 0 Å². The predicted molar refractivity (Wildman–Crippen MR) is 71.1 cm³/mol. The molecule has 0 aliphatic heterocycles. The number of aromatic nitrogens is 4. The quantitative estimate of drug-likeness (QED) is 0.733. The van der Waals surface area contributed by atoms with Crippen molar-refractivity contribution in [3.8, 4) is 5.82 Å². The maximum atomic E-state index is 10.8. The van der Waals surface area contributed by atoms with Crippen molar-refractivity contribution in [2.45, 2.75) is 5.75 Å². The Bertz CT molecular complexity index is 756. The molecule has 1 N–H and O–H groups in total. The van der Waals surface area contributed by atoms with Crippen LogP contribution in [0.15, 0.2) is 42.7 Å². The Labute approximate surface area is 111 Å². The zero-order valence-electron chi connectivity index (χ0n) is 9.80. The van der Waals surface area contributed by atoms with Crippen LogP contribution in [0.1, 0.15) is 5.82 Å². The highest BCUT2D eigenvalue weighted by Gasteiger charge is 2.08. The topological polar surface area (TPSA) is 80.9 Å². The summed E-state index contributed by atoms with van der Waals surface area (Å²) in [5.41, 5.74) is 0.928. The maximum absolute atomic E-state index is 10.8. The van der Waals surface area contributed by atoms with E-state index < -0.39 is 11.1 Å². The second-order valence-corrected chi connectivity index (χ2v) is 4.84. The number of rotatable bonds is 3. The molecular formula is C12H10N4O2S. The summed E-state index contributed by atoms with van der Waals surface area (Å²) in [5, 5.41) is 5.28. The first-order valence-electron chi connectivity index (χ1n) is 5.56. The summed E-state index contributed by atoms with van der Waals surface area (Å²) in [6, 6.07) is 9.47. The van der Waals surface area contributed by atoms with Crippen molar-refractivity contribution in [2.24, 2.45) is 0 Å². The van der Waals surface area contributed by atoms with Gasteiger partial charge in [-0.1, -0.05) is 18.2 Å². The van der Waals surface area contributed by atoms with Crippen molar-refractivity contribution in [1.82, 2.24) is 19.7 Å². The maximum Gasteiger partial charge on any atom is 0.160 e. The molecule has 1 atom stereocenters. The van der Waals surface area contributed by atoms with E-state index in [4.69, 9.17) is 4.55 Å². The Hall–Kier alpha value is -2.12. The highest BCUT2D eigenvalue weighted by Crippen LogP contribution is 2.16. The average Bonchev–Trinajstić information content (AvgIpc) is 2.82. The van der Waals surface area contributed by atoms with Crippen molar-refractivity contribution >= 4 is 22.0 Å². The first-order chi connectivity index (χ1) is 9.24. The van der Waals surface area contributed by atoms with E-state index in [1.807, 2.05) is 24.3 Å². The lowest BCUT2D eigenvalue weighted by molar-refractivity contribution is 0.562. The summed E-state index contributed by atoms with van der Waals surface area (Å²) in [5.74, 6) is 0.808. The second-order valence-electron chi connectivity index (χ2n) is 3.91. The Morgan fingerprint density at radius 3 is 2.95 bits per heavy atom. The number of benzene rings is 1. The third kappa shape index (κ3) is 2.38. The number of fused-ring (bicyclic) bond motifs is 1. The van der Waals surface area contributed by atoms with E-state index in [0.717, 1.165) is 10.9 Å². The van der Waals surface area contributed by atoms with Gasteiger partial charge in [-0.25, -0.2) is 18.9 Å². The van der Waals surface area contributed by atoms with Crippen LogP contribution in [0.25, 0.3) is 16.7 Å². The van der Waals surface area contributed by atoms with Crippen molar-refractivity contribution in [2.75, 3.05) is 0 Å². The highest BCUT2D eigenvalue weighted by atomic mass is 32.2. The van der Waals surface area contributed by atoms with Crippen LogP contribution < -0.4 is 0 Å². The molecule has 2 heterocycles. The van der Waals surface area contributed by atoms with Gasteiger partial charge < -0.3 is 4.55 Å².